The van der Waals surface area contributed by atoms with Gasteiger partial charge < -0.3 is 0 Å². The van der Waals surface area contributed by atoms with E-state index in [1.807, 2.05) is 0 Å². The molecule has 1 atom stereocenters. The number of rotatable bonds is 18. The van der Waals surface area contributed by atoms with E-state index in [0.717, 1.165) is 5.92 Å². The quantitative estimate of drug-likeness (QED) is 0.222. The highest BCUT2D eigenvalue weighted by Gasteiger charge is 2.05. The van der Waals surface area contributed by atoms with Crippen LogP contribution in [0.4, 0.5) is 0 Å². The van der Waals surface area contributed by atoms with E-state index in [1.165, 1.54) is 116 Å². The van der Waals surface area contributed by atoms with Gasteiger partial charge in [-0.2, -0.15) is 0 Å². The molecule has 0 radical (unpaired) electrons. The Morgan fingerprint density at radius 2 is 0.727 bits per heavy atom. The van der Waals surface area contributed by atoms with Crippen LogP contribution in [0, 0.1) is 5.92 Å². The predicted molar refractivity (Wildman–Crippen MR) is 104 cm³/mol. The van der Waals surface area contributed by atoms with E-state index in [2.05, 4.69) is 20.8 Å². The summed E-state index contributed by atoms with van der Waals surface area (Å²) in [5.41, 5.74) is 0. The van der Waals surface area contributed by atoms with Crippen LogP contribution in [-0.4, -0.2) is 0 Å². The molecular weight excluding hydrogens is 264 g/mol. The lowest BCUT2D eigenvalue weighted by molar-refractivity contribution is 0.393. The van der Waals surface area contributed by atoms with Crippen LogP contribution in [0.25, 0.3) is 0 Å². The van der Waals surface area contributed by atoms with Crippen LogP contribution in [0.5, 0.6) is 0 Å². The third-order valence-corrected chi connectivity index (χ3v) is 5.26. The zero-order valence-corrected chi connectivity index (χ0v) is 16.3. The van der Waals surface area contributed by atoms with Gasteiger partial charge in [0.1, 0.15) is 0 Å². The Kier molecular flexibility index (Phi) is 19.0. The van der Waals surface area contributed by atoms with Gasteiger partial charge in [0.2, 0.25) is 0 Å². The molecule has 0 aromatic carbocycles. The van der Waals surface area contributed by atoms with Crippen molar-refractivity contribution in [1.82, 2.24) is 0 Å². The van der Waals surface area contributed by atoms with Gasteiger partial charge in [0.25, 0.3) is 0 Å². The summed E-state index contributed by atoms with van der Waals surface area (Å²) >= 11 is 0. The van der Waals surface area contributed by atoms with Gasteiger partial charge in [0.15, 0.2) is 0 Å². The van der Waals surface area contributed by atoms with Gasteiger partial charge in [-0.15, -0.1) is 0 Å². The normalized spacial score (nSPS) is 12.7. The topological polar surface area (TPSA) is 0 Å². The molecule has 0 rings (SSSR count). The third kappa shape index (κ3) is 16.4. The Morgan fingerprint density at radius 1 is 0.409 bits per heavy atom. The molecule has 0 aromatic rings. The molecule has 0 amide bonds. The maximum atomic E-state index is 2.40. The van der Waals surface area contributed by atoms with Gasteiger partial charge in [-0.05, 0) is 5.92 Å². The molecule has 0 N–H and O–H groups in total. The molecule has 0 spiro atoms. The lowest BCUT2D eigenvalue weighted by atomic mass is 9.92. The van der Waals surface area contributed by atoms with E-state index in [9.17, 15) is 0 Å². The summed E-state index contributed by atoms with van der Waals surface area (Å²) < 4.78 is 0. The second-order valence-electron chi connectivity index (χ2n) is 7.45. The fraction of sp³-hybridized carbons (Fsp3) is 1.00. The van der Waals surface area contributed by atoms with Crippen LogP contribution in [0.1, 0.15) is 136 Å². The van der Waals surface area contributed by atoms with E-state index in [4.69, 9.17) is 0 Å². The third-order valence-electron chi connectivity index (χ3n) is 5.26. The highest BCUT2D eigenvalue weighted by molar-refractivity contribution is 4.59. The summed E-state index contributed by atoms with van der Waals surface area (Å²) in [7, 11) is 0. The molecule has 0 saturated carbocycles. The summed E-state index contributed by atoms with van der Waals surface area (Å²) in [6.45, 7) is 7.00. The van der Waals surface area contributed by atoms with E-state index in [1.54, 1.807) is 0 Å². The van der Waals surface area contributed by atoms with Crippen LogP contribution < -0.4 is 0 Å². The van der Waals surface area contributed by atoms with Crippen LogP contribution in [0.2, 0.25) is 0 Å². The zero-order chi connectivity index (χ0) is 16.3. The molecule has 0 heteroatoms. The van der Waals surface area contributed by atoms with E-state index in [0.29, 0.717) is 0 Å². The molecule has 1 unspecified atom stereocenters. The first-order valence-corrected chi connectivity index (χ1v) is 10.8. The molecule has 0 bridgehead atoms. The predicted octanol–water partition coefficient (Wildman–Crippen LogP) is 8.68. The molecule has 0 aliphatic heterocycles. The SMILES string of the molecule is CCCCCCCCCCCCC(CC)CCCCCCC. The highest BCUT2D eigenvalue weighted by Crippen LogP contribution is 2.21. The molecular formula is C22H46. The first kappa shape index (κ1) is 22.0. The average molecular weight is 311 g/mol. The Hall–Kier alpha value is 0. The summed E-state index contributed by atoms with van der Waals surface area (Å²) in [5.74, 6) is 1.02. The van der Waals surface area contributed by atoms with Crippen LogP contribution in [0.15, 0.2) is 0 Å². The Bertz CT molecular complexity index is 184. The van der Waals surface area contributed by atoms with Crippen molar-refractivity contribution in [3.8, 4) is 0 Å². The van der Waals surface area contributed by atoms with Gasteiger partial charge in [0, 0.05) is 0 Å². The largest absolute Gasteiger partial charge is 0.0654 e. The van der Waals surface area contributed by atoms with Gasteiger partial charge in [0.05, 0.1) is 0 Å². The molecule has 0 saturated heterocycles. The van der Waals surface area contributed by atoms with Crippen molar-refractivity contribution in [3.63, 3.8) is 0 Å². The van der Waals surface area contributed by atoms with Gasteiger partial charge >= 0.3 is 0 Å². The molecule has 0 fully saturated rings. The summed E-state index contributed by atoms with van der Waals surface area (Å²) in [6.07, 6.45) is 26.3. The highest BCUT2D eigenvalue weighted by atomic mass is 14.1. The lowest BCUT2D eigenvalue weighted by Crippen LogP contribution is -1.99. The van der Waals surface area contributed by atoms with Gasteiger partial charge in [-0.1, -0.05) is 136 Å². The molecule has 134 valence electrons. The van der Waals surface area contributed by atoms with Gasteiger partial charge in [-0.25, -0.2) is 0 Å². The summed E-state index contributed by atoms with van der Waals surface area (Å²) in [5, 5.41) is 0. The molecule has 0 heterocycles. The Labute approximate surface area is 142 Å². The minimum atomic E-state index is 1.02. The van der Waals surface area contributed by atoms with E-state index in [-0.39, 0.29) is 0 Å². The molecule has 0 aliphatic carbocycles. The van der Waals surface area contributed by atoms with Crippen molar-refractivity contribution in [2.24, 2.45) is 5.92 Å². The van der Waals surface area contributed by atoms with Crippen LogP contribution >= 0.6 is 0 Å². The molecule has 0 nitrogen and oxygen atoms in total. The fourth-order valence-corrected chi connectivity index (χ4v) is 3.51. The second kappa shape index (κ2) is 19.0. The standard InChI is InChI=1S/C22H46/c1-4-7-9-11-12-13-14-15-17-19-21-22(6-3)20-18-16-10-8-5-2/h22H,4-21H2,1-3H3. The molecule has 0 aromatic heterocycles. The summed E-state index contributed by atoms with van der Waals surface area (Å²) in [6, 6.07) is 0. The van der Waals surface area contributed by atoms with Crippen molar-refractivity contribution < 1.29 is 0 Å². The first-order valence-electron chi connectivity index (χ1n) is 10.8. The van der Waals surface area contributed by atoms with E-state index < -0.39 is 0 Å². The van der Waals surface area contributed by atoms with Gasteiger partial charge in [-0.3, -0.25) is 0 Å². The van der Waals surface area contributed by atoms with Crippen molar-refractivity contribution in [2.75, 3.05) is 0 Å². The second-order valence-corrected chi connectivity index (χ2v) is 7.45. The monoisotopic (exact) mass is 310 g/mol. The Balaban J connectivity index is 3.25. The van der Waals surface area contributed by atoms with Crippen molar-refractivity contribution in [3.05, 3.63) is 0 Å². The smallest absolute Gasteiger partial charge is 0.0417 e. The summed E-state index contributed by atoms with van der Waals surface area (Å²) in [4.78, 5) is 0. The maximum Gasteiger partial charge on any atom is -0.0417 e. The van der Waals surface area contributed by atoms with E-state index >= 15 is 0 Å². The zero-order valence-electron chi connectivity index (χ0n) is 16.3. The fourth-order valence-electron chi connectivity index (χ4n) is 3.51. The number of hydrogen-bond donors (Lipinski definition) is 0. The maximum absolute atomic E-state index is 2.40. The van der Waals surface area contributed by atoms with Crippen molar-refractivity contribution in [2.45, 2.75) is 136 Å². The van der Waals surface area contributed by atoms with Crippen LogP contribution in [-0.2, 0) is 0 Å². The van der Waals surface area contributed by atoms with Crippen molar-refractivity contribution >= 4 is 0 Å². The van der Waals surface area contributed by atoms with Crippen molar-refractivity contribution in [1.29, 1.82) is 0 Å². The minimum absolute atomic E-state index is 1.02. The average Bonchev–Trinajstić information content (AvgIpc) is 2.54. The number of unbranched alkanes of at least 4 members (excludes halogenated alkanes) is 13. The first-order chi connectivity index (χ1) is 10.8. The number of hydrogen-bond acceptors (Lipinski definition) is 0. The minimum Gasteiger partial charge on any atom is -0.0654 e. The Morgan fingerprint density at radius 3 is 1.05 bits per heavy atom. The van der Waals surface area contributed by atoms with Crippen LogP contribution in [0.3, 0.4) is 0 Å². The molecule has 0 aliphatic rings. The lowest BCUT2D eigenvalue weighted by Gasteiger charge is -2.14. The molecule has 22 heavy (non-hydrogen) atoms.